The first-order valence-electron chi connectivity index (χ1n) is 5.30. The highest BCUT2D eigenvalue weighted by molar-refractivity contribution is 5.77. The molecule has 1 rings (SSSR count). The number of carbonyl (C=O) groups excluding carboxylic acids is 1. The summed E-state index contributed by atoms with van der Waals surface area (Å²) in [5.41, 5.74) is 1.19. The molecule has 1 aliphatic carbocycles. The topological polar surface area (TPSA) is 29.1 Å². The zero-order chi connectivity index (χ0) is 10.4. The molecule has 0 aromatic rings. The minimum atomic E-state index is 0.184. The average Bonchev–Trinajstić information content (AvgIpc) is 2.10. The van der Waals surface area contributed by atoms with Crippen molar-refractivity contribution in [3.8, 4) is 0 Å². The summed E-state index contributed by atoms with van der Waals surface area (Å²) in [6.45, 7) is 4.26. The van der Waals surface area contributed by atoms with Gasteiger partial charge in [-0.05, 0) is 38.2 Å². The third-order valence-corrected chi connectivity index (χ3v) is 2.49. The van der Waals surface area contributed by atoms with E-state index in [0.29, 0.717) is 12.5 Å². The molecule has 0 saturated heterocycles. The lowest BCUT2D eigenvalue weighted by Crippen LogP contribution is -2.24. The fourth-order valence-corrected chi connectivity index (χ4v) is 1.59. The smallest absolute Gasteiger partial charge is 0.148 e. The van der Waals surface area contributed by atoms with Crippen molar-refractivity contribution >= 4 is 5.78 Å². The van der Waals surface area contributed by atoms with E-state index in [2.05, 4.69) is 30.5 Å². The number of allylic oxidation sites excluding steroid dienone is 4. The lowest BCUT2D eigenvalue weighted by atomic mass is 9.97. The molecule has 1 atom stereocenters. The van der Waals surface area contributed by atoms with Crippen molar-refractivity contribution in [2.45, 2.75) is 33.1 Å². The van der Waals surface area contributed by atoms with Gasteiger partial charge >= 0.3 is 0 Å². The molecule has 0 heterocycles. The maximum Gasteiger partial charge on any atom is 0.148 e. The van der Waals surface area contributed by atoms with Gasteiger partial charge in [0, 0.05) is 5.70 Å². The first-order valence-corrected chi connectivity index (χ1v) is 5.30. The molecule has 1 unspecified atom stereocenters. The molecule has 1 N–H and O–H groups in total. The number of ketones is 1. The number of rotatable bonds is 3. The standard InChI is InChI=1S/C12H19NO/c1-10-7-5-3-4-6-8-12(10)13-9-11(2)14/h4,6,8,10,13H,3,5,7,9H2,1-2H3. The van der Waals surface area contributed by atoms with Crippen LogP contribution in [0.5, 0.6) is 0 Å². The summed E-state index contributed by atoms with van der Waals surface area (Å²) in [7, 11) is 0. The molecular formula is C12H19NO. The van der Waals surface area contributed by atoms with E-state index >= 15 is 0 Å². The zero-order valence-electron chi connectivity index (χ0n) is 9.05. The minimum absolute atomic E-state index is 0.184. The van der Waals surface area contributed by atoms with Crippen molar-refractivity contribution in [3.05, 3.63) is 23.9 Å². The Morgan fingerprint density at radius 1 is 1.64 bits per heavy atom. The first-order chi connectivity index (χ1) is 6.70. The Balaban J connectivity index is 2.56. The van der Waals surface area contributed by atoms with Crippen LogP contribution in [0.1, 0.15) is 33.1 Å². The minimum Gasteiger partial charge on any atom is -0.381 e. The molecular weight excluding hydrogens is 174 g/mol. The van der Waals surface area contributed by atoms with Gasteiger partial charge in [0.15, 0.2) is 0 Å². The maximum atomic E-state index is 10.8. The molecule has 0 amide bonds. The molecule has 78 valence electrons. The van der Waals surface area contributed by atoms with Gasteiger partial charge in [0.1, 0.15) is 5.78 Å². The van der Waals surface area contributed by atoms with Crippen molar-refractivity contribution in [2.75, 3.05) is 6.54 Å². The summed E-state index contributed by atoms with van der Waals surface area (Å²) >= 11 is 0. The molecule has 0 radical (unpaired) electrons. The highest BCUT2D eigenvalue weighted by Crippen LogP contribution is 2.17. The normalized spacial score (nSPS) is 22.1. The SMILES string of the molecule is CC(=O)CNC1=CC=CCCCC1C. The van der Waals surface area contributed by atoms with Crippen LogP contribution in [0.25, 0.3) is 0 Å². The van der Waals surface area contributed by atoms with E-state index in [0.717, 1.165) is 0 Å². The molecule has 0 aliphatic heterocycles. The van der Waals surface area contributed by atoms with Crippen molar-refractivity contribution < 1.29 is 4.79 Å². The number of hydrogen-bond acceptors (Lipinski definition) is 2. The van der Waals surface area contributed by atoms with Gasteiger partial charge < -0.3 is 5.32 Å². The quantitative estimate of drug-likeness (QED) is 0.745. The second-order valence-corrected chi connectivity index (χ2v) is 3.94. The van der Waals surface area contributed by atoms with E-state index < -0.39 is 0 Å². The van der Waals surface area contributed by atoms with Crippen molar-refractivity contribution in [1.82, 2.24) is 5.32 Å². The fraction of sp³-hybridized carbons (Fsp3) is 0.583. The van der Waals surface area contributed by atoms with Crippen LogP contribution in [0.15, 0.2) is 23.9 Å². The highest BCUT2D eigenvalue weighted by atomic mass is 16.1. The van der Waals surface area contributed by atoms with E-state index in [1.54, 1.807) is 6.92 Å². The Hall–Kier alpha value is -1.05. The van der Waals surface area contributed by atoms with Gasteiger partial charge in [0.2, 0.25) is 0 Å². The van der Waals surface area contributed by atoms with Crippen LogP contribution in [0.3, 0.4) is 0 Å². The summed E-state index contributed by atoms with van der Waals surface area (Å²) in [5.74, 6) is 0.725. The van der Waals surface area contributed by atoms with Crippen molar-refractivity contribution in [1.29, 1.82) is 0 Å². The summed E-state index contributed by atoms with van der Waals surface area (Å²) in [6, 6.07) is 0. The zero-order valence-corrected chi connectivity index (χ0v) is 9.05. The largest absolute Gasteiger partial charge is 0.381 e. The fourth-order valence-electron chi connectivity index (χ4n) is 1.59. The van der Waals surface area contributed by atoms with Crippen LogP contribution in [-0.2, 0) is 4.79 Å². The lowest BCUT2D eigenvalue weighted by molar-refractivity contribution is -0.116. The van der Waals surface area contributed by atoms with Crippen LogP contribution in [0.2, 0.25) is 0 Å². The Morgan fingerprint density at radius 3 is 3.14 bits per heavy atom. The molecule has 0 saturated carbocycles. The Morgan fingerprint density at radius 2 is 2.43 bits per heavy atom. The van der Waals surface area contributed by atoms with Gasteiger partial charge in [-0.2, -0.15) is 0 Å². The molecule has 0 bridgehead atoms. The van der Waals surface area contributed by atoms with Crippen LogP contribution in [0, 0.1) is 5.92 Å². The molecule has 0 aromatic heterocycles. The molecule has 0 spiro atoms. The third kappa shape index (κ3) is 3.77. The van der Waals surface area contributed by atoms with Gasteiger partial charge in [-0.1, -0.05) is 19.1 Å². The molecule has 1 aliphatic rings. The number of nitrogens with one attached hydrogen (secondary N) is 1. The van der Waals surface area contributed by atoms with E-state index in [1.807, 2.05) is 0 Å². The molecule has 0 fully saturated rings. The number of Topliss-reactive ketones (excluding diaryl/α,β-unsaturated/α-hetero) is 1. The second-order valence-electron chi connectivity index (χ2n) is 3.94. The summed E-state index contributed by atoms with van der Waals surface area (Å²) < 4.78 is 0. The van der Waals surface area contributed by atoms with Crippen LogP contribution >= 0.6 is 0 Å². The summed E-state index contributed by atoms with van der Waals surface area (Å²) in [4.78, 5) is 10.8. The van der Waals surface area contributed by atoms with Gasteiger partial charge in [-0.25, -0.2) is 0 Å². The Kier molecular flexibility index (Phi) is 4.44. The van der Waals surface area contributed by atoms with Gasteiger partial charge in [-0.15, -0.1) is 0 Å². The Labute approximate surface area is 86.1 Å². The van der Waals surface area contributed by atoms with Crippen LogP contribution in [0.4, 0.5) is 0 Å². The predicted octanol–water partition coefficient (Wildman–Crippen LogP) is 2.43. The number of hydrogen-bond donors (Lipinski definition) is 1. The van der Waals surface area contributed by atoms with Crippen LogP contribution < -0.4 is 5.32 Å². The Bertz CT molecular complexity index is 253. The summed E-state index contributed by atoms with van der Waals surface area (Å²) in [6.07, 6.45) is 9.95. The average molecular weight is 193 g/mol. The second kappa shape index (κ2) is 5.63. The first kappa shape index (κ1) is 11.0. The van der Waals surface area contributed by atoms with Crippen molar-refractivity contribution in [3.63, 3.8) is 0 Å². The maximum absolute atomic E-state index is 10.8. The van der Waals surface area contributed by atoms with Crippen LogP contribution in [-0.4, -0.2) is 12.3 Å². The lowest BCUT2D eigenvalue weighted by Gasteiger charge is -2.18. The predicted molar refractivity (Wildman–Crippen MR) is 58.9 cm³/mol. The molecule has 2 nitrogen and oxygen atoms in total. The van der Waals surface area contributed by atoms with Gasteiger partial charge in [0.05, 0.1) is 6.54 Å². The summed E-state index contributed by atoms with van der Waals surface area (Å²) in [5, 5.41) is 3.20. The molecule has 14 heavy (non-hydrogen) atoms. The van der Waals surface area contributed by atoms with E-state index in [9.17, 15) is 4.79 Å². The van der Waals surface area contributed by atoms with E-state index in [-0.39, 0.29) is 5.78 Å². The monoisotopic (exact) mass is 193 g/mol. The molecule has 0 aromatic carbocycles. The van der Waals surface area contributed by atoms with Crippen molar-refractivity contribution in [2.24, 2.45) is 5.92 Å². The van der Waals surface area contributed by atoms with E-state index in [4.69, 9.17) is 0 Å². The van der Waals surface area contributed by atoms with E-state index in [1.165, 1.54) is 25.0 Å². The van der Waals surface area contributed by atoms with Gasteiger partial charge in [0.25, 0.3) is 0 Å². The third-order valence-electron chi connectivity index (χ3n) is 2.49. The van der Waals surface area contributed by atoms with Gasteiger partial charge in [-0.3, -0.25) is 4.79 Å². The number of carbonyl (C=O) groups is 1. The highest BCUT2D eigenvalue weighted by Gasteiger charge is 2.09. The molecule has 2 heteroatoms.